The molecule has 1 heterocycles. The number of carbonyl (C=O) groups excluding carboxylic acids is 2. The van der Waals surface area contributed by atoms with Gasteiger partial charge in [0.25, 0.3) is 0 Å². The molecule has 2 aromatic rings. The average Bonchev–Trinajstić information content (AvgIpc) is 2.97. The predicted molar refractivity (Wildman–Crippen MR) is 93.2 cm³/mol. The third kappa shape index (κ3) is 4.17. The first kappa shape index (κ1) is 17.4. The number of rotatable bonds is 5. The summed E-state index contributed by atoms with van der Waals surface area (Å²) < 4.78 is 13.6. The van der Waals surface area contributed by atoms with Crippen LogP contribution in [0.25, 0.3) is 0 Å². The van der Waals surface area contributed by atoms with Crippen molar-refractivity contribution in [2.45, 2.75) is 19.5 Å². The van der Waals surface area contributed by atoms with Crippen LogP contribution in [-0.2, 0) is 22.7 Å². The summed E-state index contributed by atoms with van der Waals surface area (Å²) >= 11 is 6.13. The molecule has 0 spiro atoms. The highest BCUT2D eigenvalue weighted by Crippen LogP contribution is 2.23. The maximum Gasteiger partial charge on any atom is 0.225 e. The molecule has 0 radical (unpaired) electrons. The van der Waals surface area contributed by atoms with Gasteiger partial charge < -0.3 is 10.2 Å². The minimum absolute atomic E-state index is 0.0778. The summed E-state index contributed by atoms with van der Waals surface area (Å²) in [6.07, 6.45) is 0.160. The lowest BCUT2D eigenvalue weighted by atomic mass is 10.1. The summed E-state index contributed by atoms with van der Waals surface area (Å²) in [6, 6.07) is 13.6. The highest BCUT2D eigenvalue weighted by molar-refractivity contribution is 6.31. The first-order valence-corrected chi connectivity index (χ1v) is 8.44. The van der Waals surface area contributed by atoms with Crippen molar-refractivity contribution in [1.29, 1.82) is 0 Å². The van der Waals surface area contributed by atoms with Gasteiger partial charge in [0, 0.05) is 36.6 Å². The van der Waals surface area contributed by atoms with Crippen molar-refractivity contribution in [2.24, 2.45) is 5.92 Å². The second-order valence-corrected chi connectivity index (χ2v) is 6.48. The van der Waals surface area contributed by atoms with Crippen molar-refractivity contribution in [1.82, 2.24) is 10.2 Å². The molecule has 1 N–H and O–H groups in total. The van der Waals surface area contributed by atoms with Gasteiger partial charge in [0.05, 0.1) is 5.92 Å². The minimum Gasteiger partial charge on any atom is -0.352 e. The van der Waals surface area contributed by atoms with E-state index in [1.807, 2.05) is 18.2 Å². The van der Waals surface area contributed by atoms with E-state index in [0.29, 0.717) is 23.7 Å². The molecule has 1 saturated heterocycles. The second kappa shape index (κ2) is 7.66. The average molecular weight is 361 g/mol. The van der Waals surface area contributed by atoms with Crippen LogP contribution in [0.2, 0.25) is 5.02 Å². The highest BCUT2D eigenvalue weighted by Gasteiger charge is 2.34. The molecule has 2 aromatic carbocycles. The van der Waals surface area contributed by atoms with Crippen LogP contribution in [0.3, 0.4) is 0 Å². The van der Waals surface area contributed by atoms with Gasteiger partial charge in [0.2, 0.25) is 11.8 Å². The van der Waals surface area contributed by atoms with Crippen LogP contribution in [0.5, 0.6) is 0 Å². The van der Waals surface area contributed by atoms with Gasteiger partial charge in [-0.1, -0.05) is 48.0 Å². The van der Waals surface area contributed by atoms with Gasteiger partial charge in [0.15, 0.2) is 0 Å². The Hall–Kier alpha value is -2.40. The number of nitrogens with zero attached hydrogens (tertiary/aromatic N) is 1. The molecule has 25 heavy (non-hydrogen) atoms. The molecule has 1 unspecified atom stereocenters. The van der Waals surface area contributed by atoms with Crippen molar-refractivity contribution in [2.75, 3.05) is 6.54 Å². The van der Waals surface area contributed by atoms with E-state index in [0.717, 1.165) is 5.56 Å². The second-order valence-electron chi connectivity index (χ2n) is 6.08. The third-order valence-electron chi connectivity index (χ3n) is 4.32. The number of halogens is 2. The smallest absolute Gasteiger partial charge is 0.225 e. The maximum absolute atomic E-state index is 13.6. The van der Waals surface area contributed by atoms with Gasteiger partial charge in [0.1, 0.15) is 5.82 Å². The number of likely N-dealkylation sites (tertiary alicyclic amines) is 1. The fraction of sp³-hybridized carbons (Fsp3) is 0.263. The standard InChI is InChI=1S/C19H18ClFN2O2/c20-16-7-3-1-6-14(16)11-23-12-15(9-18(23)24)19(25)22-10-13-5-2-4-8-17(13)21/h1-8,15H,9-12H2,(H,22,25). The Morgan fingerprint density at radius 1 is 1.16 bits per heavy atom. The zero-order chi connectivity index (χ0) is 17.8. The van der Waals surface area contributed by atoms with Crippen molar-refractivity contribution in [3.8, 4) is 0 Å². The molecule has 1 aliphatic rings. The van der Waals surface area contributed by atoms with Crippen molar-refractivity contribution in [3.05, 3.63) is 70.5 Å². The number of amides is 2. The summed E-state index contributed by atoms with van der Waals surface area (Å²) in [5.41, 5.74) is 1.28. The Morgan fingerprint density at radius 3 is 2.56 bits per heavy atom. The molecule has 1 fully saturated rings. The molecule has 1 aliphatic heterocycles. The molecule has 0 aliphatic carbocycles. The van der Waals surface area contributed by atoms with E-state index >= 15 is 0 Å². The molecule has 1 atom stereocenters. The Balaban J connectivity index is 1.57. The third-order valence-corrected chi connectivity index (χ3v) is 4.68. The molecular formula is C19H18ClFN2O2. The lowest BCUT2D eigenvalue weighted by Crippen LogP contribution is -2.32. The monoisotopic (exact) mass is 360 g/mol. The zero-order valence-corrected chi connectivity index (χ0v) is 14.3. The van der Waals surface area contributed by atoms with Gasteiger partial charge in [-0.2, -0.15) is 0 Å². The van der Waals surface area contributed by atoms with Gasteiger partial charge in [-0.05, 0) is 17.7 Å². The van der Waals surface area contributed by atoms with Crippen molar-refractivity contribution >= 4 is 23.4 Å². The van der Waals surface area contributed by atoms with E-state index in [9.17, 15) is 14.0 Å². The van der Waals surface area contributed by atoms with Gasteiger partial charge in [-0.15, -0.1) is 0 Å². The van der Waals surface area contributed by atoms with Gasteiger partial charge >= 0.3 is 0 Å². The van der Waals surface area contributed by atoms with E-state index in [-0.39, 0.29) is 30.6 Å². The maximum atomic E-state index is 13.6. The van der Waals surface area contributed by atoms with Crippen LogP contribution in [0, 0.1) is 11.7 Å². The van der Waals surface area contributed by atoms with Crippen LogP contribution in [0.4, 0.5) is 4.39 Å². The first-order chi connectivity index (χ1) is 12.0. The van der Waals surface area contributed by atoms with Gasteiger partial charge in [-0.25, -0.2) is 4.39 Å². The summed E-state index contributed by atoms with van der Waals surface area (Å²) in [6.45, 7) is 0.837. The fourth-order valence-electron chi connectivity index (χ4n) is 2.90. The normalized spacial score (nSPS) is 17.0. The minimum atomic E-state index is -0.429. The quantitative estimate of drug-likeness (QED) is 0.890. The fourth-order valence-corrected chi connectivity index (χ4v) is 3.10. The summed E-state index contributed by atoms with van der Waals surface area (Å²) in [7, 11) is 0. The number of hydrogen-bond acceptors (Lipinski definition) is 2. The highest BCUT2D eigenvalue weighted by atomic mass is 35.5. The largest absolute Gasteiger partial charge is 0.352 e. The van der Waals surface area contributed by atoms with Crippen molar-refractivity contribution < 1.29 is 14.0 Å². The number of benzene rings is 2. The molecule has 0 saturated carbocycles. The van der Waals surface area contributed by atoms with E-state index in [4.69, 9.17) is 11.6 Å². The van der Waals surface area contributed by atoms with E-state index in [1.54, 1.807) is 29.2 Å². The summed E-state index contributed by atoms with van der Waals surface area (Å²) in [4.78, 5) is 26.1. The number of hydrogen-bond donors (Lipinski definition) is 1. The number of nitrogens with one attached hydrogen (secondary N) is 1. The molecule has 2 amide bonds. The van der Waals surface area contributed by atoms with Crippen molar-refractivity contribution in [3.63, 3.8) is 0 Å². The summed E-state index contributed by atoms with van der Waals surface area (Å²) in [5, 5.41) is 3.31. The lowest BCUT2D eigenvalue weighted by Gasteiger charge is -2.17. The van der Waals surface area contributed by atoms with Crippen LogP contribution < -0.4 is 5.32 Å². The Morgan fingerprint density at radius 2 is 1.84 bits per heavy atom. The van der Waals surface area contributed by atoms with E-state index in [2.05, 4.69) is 5.32 Å². The molecule has 4 nitrogen and oxygen atoms in total. The molecule has 0 aromatic heterocycles. The summed E-state index contributed by atoms with van der Waals surface area (Å²) in [5.74, 6) is -1.10. The predicted octanol–water partition coefficient (Wildman–Crippen LogP) is 3.14. The van der Waals surface area contributed by atoms with Crippen LogP contribution in [-0.4, -0.2) is 23.3 Å². The molecule has 6 heteroatoms. The van der Waals surface area contributed by atoms with E-state index in [1.165, 1.54) is 6.07 Å². The van der Waals surface area contributed by atoms with E-state index < -0.39 is 5.92 Å². The zero-order valence-electron chi connectivity index (χ0n) is 13.5. The lowest BCUT2D eigenvalue weighted by molar-refractivity contribution is -0.129. The Labute approximate surface area is 150 Å². The topological polar surface area (TPSA) is 49.4 Å². The van der Waals surface area contributed by atoms with Gasteiger partial charge in [-0.3, -0.25) is 9.59 Å². The molecule has 130 valence electrons. The number of carbonyl (C=O) groups is 2. The molecule has 0 bridgehead atoms. The Bertz CT molecular complexity index is 796. The molecule has 3 rings (SSSR count). The molecular weight excluding hydrogens is 343 g/mol. The van der Waals surface area contributed by atoms with Crippen LogP contribution >= 0.6 is 11.6 Å². The first-order valence-electron chi connectivity index (χ1n) is 8.07. The SMILES string of the molecule is O=C(NCc1ccccc1F)C1CC(=O)N(Cc2ccccc2Cl)C1. The Kier molecular flexibility index (Phi) is 5.34. The van der Waals surface area contributed by atoms with Crippen LogP contribution in [0.15, 0.2) is 48.5 Å². The van der Waals surface area contributed by atoms with Crippen LogP contribution in [0.1, 0.15) is 17.5 Å².